The van der Waals surface area contributed by atoms with E-state index in [1.54, 1.807) is 31.4 Å². The zero-order chi connectivity index (χ0) is 20.2. The van der Waals surface area contributed by atoms with Crippen LogP contribution in [0.5, 0.6) is 11.5 Å². The highest BCUT2D eigenvalue weighted by Crippen LogP contribution is 2.32. The van der Waals surface area contributed by atoms with Crippen molar-refractivity contribution < 1.29 is 23.4 Å². The van der Waals surface area contributed by atoms with Crippen LogP contribution in [0, 0.1) is 6.92 Å². The molecule has 1 aliphatic heterocycles. The van der Waals surface area contributed by atoms with E-state index in [0.29, 0.717) is 49.0 Å². The quantitative estimate of drug-likeness (QED) is 0.462. The Hall–Kier alpha value is -2.90. The summed E-state index contributed by atoms with van der Waals surface area (Å²) in [6, 6.07) is 6.99. The Balaban J connectivity index is 1.58. The van der Waals surface area contributed by atoms with Crippen molar-refractivity contribution in [3.05, 3.63) is 53.0 Å². The molecule has 0 amide bonds. The highest BCUT2D eigenvalue weighted by atomic mass is 16.6. The van der Waals surface area contributed by atoms with E-state index in [9.17, 15) is 4.79 Å². The van der Waals surface area contributed by atoms with Gasteiger partial charge < -0.3 is 23.9 Å². The first-order valence-electron chi connectivity index (χ1n) is 9.69. The Labute approximate surface area is 169 Å². The van der Waals surface area contributed by atoms with E-state index in [1.807, 2.05) is 13.1 Å². The third-order valence-electron chi connectivity index (χ3n) is 4.87. The lowest BCUT2D eigenvalue weighted by Crippen LogP contribution is -2.16. The molecule has 29 heavy (non-hydrogen) atoms. The van der Waals surface area contributed by atoms with Gasteiger partial charge in [0.05, 0.1) is 5.69 Å². The Kier molecular flexibility index (Phi) is 5.78. The maximum atomic E-state index is 13.0. The number of fused-ring (bicyclic) bond motifs is 2. The maximum absolute atomic E-state index is 13.0. The summed E-state index contributed by atoms with van der Waals surface area (Å²) in [5.41, 5.74) is 2.89. The molecule has 0 bridgehead atoms. The minimum Gasteiger partial charge on any atom is -0.486 e. The number of rotatable bonds is 8. The van der Waals surface area contributed by atoms with Crippen LogP contribution < -0.4 is 14.8 Å². The summed E-state index contributed by atoms with van der Waals surface area (Å²) in [5.74, 6) is 1.32. The van der Waals surface area contributed by atoms with Crippen LogP contribution in [0.15, 0.2) is 34.9 Å². The fraction of sp³-hybridized carbons (Fsp3) is 0.364. The van der Waals surface area contributed by atoms with Gasteiger partial charge in [-0.2, -0.15) is 0 Å². The Bertz CT molecular complexity index is 1030. The van der Waals surface area contributed by atoms with E-state index in [4.69, 9.17) is 18.6 Å². The molecule has 3 heterocycles. The highest BCUT2D eigenvalue weighted by Gasteiger charge is 2.20. The van der Waals surface area contributed by atoms with E-state index in [2.05, 4.69) is 10.3 Å². The summed E-state index contributed by atoms with van der Waals surface area (Å²) in [5, 5.41) is 4.28. The lowest BCUT2D eigenvalue weighted by atomic mass is 10.1. The van der Waals surface area contributed by atoms with E-state index in [-0.39, 0.29) is 11.5 Å². The Morgan fingerprint density at radius 1 is 1.21 bits per heavy atom. The van der Waals surface area contributed by atoms with E-state index in [0.717, 1.165) is 29.6 Å². The molecule has 152 valence electrons. The number of hydrogen-bond donors (Lipinski definition) is 1. The first-order valence-corrected chi connectivity index (χ1v) is 9.69. The van der Waals surface area contributed by atoms with Crippen molar-refractivity contribution in [3.8, 4) is 11.5 Å². The molecule has 3 aromatic rings. The molecule has 0 atom stereocenters. The van der Waals surface area contributed by atoms with Crippen LogP contribution in [-0.4, -0.2) is 44.2 Å². The summed E-state index contributed by atoms with van der Waals surface area (Å²) in [6.45, 7) is 5.06. The smallest absolute Gasteiger partial charge is 0.228 e. The van der Waals surface area contributed by atoms with Crippen LogP contribution >= 0.6 is 0 Å². The number of methoxy groups -OCH3 is 1. The third kappa shape index (κ3) is 4.11. The van der Waals surface area contributed by atoms with Gasteiger partial charge >= 0.3 is 0 Å². The van der Waals surface area contributed by atoms with Gasteiger partial charge in [0.1, 0.15) is 13.2 Å². The van der Waals surface area contributed by atoms with Crippen molar-refractivity contribution in [3.63, 3.8) is 0 Å². The predicted molar refractivity (Wildman–Crippen MR) is 108 cm³/mol. The number of aromatic nitrogens is 1. The fourth-order valence-corrected chi connectivity index (χ4v) is 3.35. The molecule has 7 nitrogen and oxygen atoms in total. The van der Waals surface area contributed by atoms with Gasteiger partial charge in [-0.25, -0.2) is 0 Å². The average Bonchev–Trinajstić information content (AvgIpc) is 3.21. The molecule has 7 heteroatoms. The number of ketones is 1. The van der Waals surface area contributed by atoms with E-state index in [1.165, 1.54) is 0 Å². The van der Waals surface area contributed by atoms with Crippen LogP contribution in [0.25, 0.3) is 11.0 Å². The minimum absolute atomic E-state index is 0.198. The number of aryl methyl sites for hydroxylation is 1. The highest BCUT2D eigenvalue weighted by molar-refractivity contribution is 6.09. The minimum atomic E-state index is -0.198. The summed E-state index contributed by atoms with van der Waals surface area (Å²) < 4.78 is 22.1. The number of furan rings is 1. The average molecular weight is 396 g/mol. The van der Waals surface area contributed by atoms with Gasteiger partial charge in [-0.3, -0.25) is 9.78 Å². The monoisotopic (exact) mass is 396 g/mol. The molecule has 0 fully saturated rings. The topological polar surface area (TPSA) is 82.8 Å². The molecule has 0 spiro atoms. The van der Waals surface area contributed by atoms with Gasteiger partial charge in [0.15, 0.2) is 22.8 Å². The Morgan fingerprint density at radius 2 is 2.03 bits per heavy atom. The number of pyridine rings is 1. The molecule has 0 aliphatic carbocycles. The number of hydrogen-bond acceptors (Lipinski definition) is 7. The molecule has 0 unspecified atom stereocenters. The number of nitrogens with zero attached hydrogens (tertiary/aromatic N) is 1. The van der Waals surface area contributed by atoms with E-state index < -0.39 is 0 Å². The zero-order valence-electron chi connectivity index (χ0n) is 16.6. The lowest BCUT2D eigenvalue weighted by molar-refractivity contribution is 0.101. The van der Waals surface area contributed by atoms with Gasteiger partial charge in [0.25, 0.3) is 0 Å². The van der Waals surface area contributed by atoms with Crippen molar-refractivity contribution in [2.24, 2.45) is 0 Å². The Morgan fingerprint density at radius 3 is 2.86 bits per heavy atom. The molecule has 4 rings (SSSR count). The largest absolute Gasteiger partial charge is 0.486 e. The molecule has 1 aliphatic rings. The lowest BCUT2D eigenvalue weighted by Gasteiger charge is -2.18. The van der Waals surface area contributed by atoms with Gasteiger partial charge in [0.2, 0.25) is 5.78 Å². The van der Waals surface area contributed by atoms with Crippen LogP contribution in [0.2, 0.25) is 0 Å². The molecule has 1 N–H and O–H groups in total. The van der Waals surface area contributed by atoms with Crippen LogP contribution in [0.3, 0.4) is 0 Å². The first kappa shape index (κ1) is 19.4. The molecule has 2 aromatic heterocycles. The van der Waals surface area contributed by atoms with E-state index >= 15 is 0 Å². The number of benzene rings is 1. The number of ether oxygens (including phenoxy) is 3. The number of carbonyl (C=O) groups is 1. The zero-order valence-corrected chi connectivity index (χ0v) is 16.6. The molecular weight excluding hydrogens is 372 g/mol. The summed E-state index contributed by atoms with van der Waals surface area (Å²) in [4.78, 5) is 17.4. The number of nitrogens with one attached hydrogen (secondary N) is 1. The standard InChI is InChI=1S/C22H24N2O5/c1-14-22-17(16(13-24-14)12-23-6-3-7-26-2)11-20(29-22)21(25)15-4-5-18-19(10-15)28-9-8-27-18/h4-5,10-11,13,23H,3,6-9,12H2,1-2H3. The summed E-state index contributed by atoms with van der Waals surface area (Å²) >= 11 is 0. The molecule has 0 saturated heterocycles. The molecule has 1 aromatic carbocycles. The van der Waals surface area contributed by atoms with Crippen molar-refractivity contribution in [1.29, 1.82) is 0 Å². The van der Waals surface area contributed by atoms with Crippen LogP contribution in [0.4, 0.5) is 0 Å². The number of carbonyl (C=O) groups excluding carboxylic acids is 1. The van der Waals surface area contributed by atoms with Gasteiger partial charge in [-0.15, -0.1) is 0 Å². The second-order valence-corrected chi connectivity index (χ2v) is 6.93. The predicted octanol–water partition coefficient (Wildman–Crippen LogP) is 3.26. The summed E-state index contributed by atoms with van der Waals surface area (Å²) in [7, 11) is 1.69. The molecule has 0 saturated carbocycles. The van der Waals surface area contributed by atoms with Gasteiger partial charge in [0, 0.05) is 37.4 Å². The van der Waals surface area contributed by atoms with Crippen molar-refractivity contribution in [1.82, 2.24) is 10.3 Å². The SMILES string of the molecule is COCCCNCc1cnc(C)c2oc(C(=O)c3ccc4c(c3)OCCO4)cc12. The van der Waals surface area contributed by atoms with Gasteiger partial charge in [-0.05, 0) is 49.7 Å². The maximum Gasteiger partial charge on any atom is 0.228 e. The third-order valence-corrected chi connectivity index (χ3v) is 4.87. The van der Waals surface area contributed by atoms with Crippen molar-refractivity contribution in [2.75, 3.05) is 33.5 Å². The molecular formula is C22H24N2O5. The second-order valence-electron chi connectivity index (χ2n) is 6.93. The second kappa shape index (κ2) is 8.63. The van der Waals surface area contributed by atoms with Crippen LogP contribution in [-0.2, 0) is 11.3 Å². The first-order chi connectivity index (χ1) is 14.2. The van der Waals surface area contributed by atoms with Crippen LogP contribution in [0.1, 0.15) is 33.8 Å². The normalized spacial score (nSPS) is 13.0. The van der Waals surface area contributed by atoms with Gasteiger partial charge in [-0.1, -0.05) is 0 Å². The van der Waals surface area contributed by atoms with Crippen molar-refractivity contribution in [2.45, 2.75) is 19.9 Å². The molecule has 0 radical (unpaired) electrons. The van der Waals surface area contributed by atoms with Crippen molar-refractivity contribution >= 4 is 16.8 Å². The fourth-order valence-electron chi connectivity index (χ4n) is 3.35. The summed E-state index contributed by atoms with van der Waals surface area (Å²) in [6.07, 6.45) is 2.76.